The summed E-state index contributed by atoms with van der Waals surface area (Å²) < 4.78 is 11.4. The van der Waals surface area contributed by atoms with Gasteiger partial charge in [-0.15, -0.1) is 0 Å². The molecule has 1 aromatic carbocycles. The standard InChI is InChI=1S/C24H24N4O5/c25-12-15-9-13(1-2-19(15)33-16-4-7-32-8-5-16)14-3-6-26-20(10-14)27-23(29)21-17-11-18(21)22(17)28-24(30)31/h1-3,6,9-10,16-18,21-22,28H,4-5,7-8,11H2,(H,30,31)(H,26,27,29). The maximum atomic E-state index is 12.7. The van der Waals surface area contributed by atoms with Crippen molar-refractivity contribution < 1.29 is 24.2 Å². The van der Waals surface area contributed by atoms with Crippen molar-refractivity contribution in [3.63, 3.8) is 0 Å². The van der Waals surface area contributed by atoms with Crippen LogP contribution >= 0.6 is 0 Å². The third-order valence-electron chi connectivity index (χ3n) is 6.89. The first kappa shape index (κ1) is 21.2. The summed E-state index contributed by atoms with van der Waals surface area (Å²) in [5, 5.41) is 23.8. The van der Waals surface area contributed by atoms with Gasteiger partial charge in [0.15, 0.2) is 0 Å². The molecule has 1 aromatic heterocycles. The molecule has 2 unspecified atom stereocenters. The summed E-state index contributed by atoms with van der Waals surface area (Å²) in [5.41, 5.74) is 2.09. The predicted octanol–water partition coefficient (Wildman–Crippen LogP) is 3.02. The molecule has 2 aromatic rings. The van der Waals surface area contributed by atoms with E-state index in [1.807, 2.05) is 12.1 Å². The summed E-state index contributed by atoms with van der Waals surface area (Å²) >= 11 is 0. The molecule has 3 aliphatic carbocycles. The van der Waals surface area contributed by atoms with Crippen LogP contribution in [0.25, 0.3) is 11.1 Å². The molecule has 1 aliphatic heterocycles. The fourth-order valence-corrected chi connectivity index (χ4v) is 4.95. The highest BCUT2D eigenvalue weighted by atomic mass is 16.5. The van der Waals surface area contributed by atoms with Crippen molar-refractivity contribution in [2.24, 2.45) is 17.8 Å². The Labute approximate surface area is 190 Å². The molecule has 1 saturated heterocycles. The number of amides is 2. The van der Waals surface area contributed by atoms with Gasteiger partial charge in [-0.3, -0.25) is 4.79 Å². The van der Waals surface area contributed by atoms with E-state index in [0.29, 0.717) is 30.3 Å². The molecule has 4 aliphatic rings. The number of rotatable bonds is 6. The molecular weight excluding hydrogens is 424 g/mol. The highest BCUT2D eigenvalue weighted by molar-refractivity contribution is 5.94. The van der Waals surface area contributed by atoms with Gasteiger partial charge < -0.3 is 25.2 Å². The first-order valence-electron chi connectivity index (χ1n) is 11.1. The minimum Gasteiger partial charge on any atom is -0.489 e. The third-order valence-corrected chi connectivity index (χ3v) is 6.89. The Morgan fingerprint density at radius 3 is 2.61 bits per heavy atom. The number of hydrogen-bond donors (Lipinski definition) is 3. The number of anilines is 1. The fourth-order valence-electron chi connectivity index (χ4n) is 4.95. The van der Waals surface area contributed by atoms with Crippen LogP contribution in [0.1, 0.15) is 24.8 Å². The number of aromatic nitrogens is 1. The lowest BCUT2D eigenvalue weighted by Crippen LogP contribution is -2.72. The number of benzene rings is 1. The van der Waals surface area contributed by atoms with Crippen LogP contribution in [0.3, 0.4) is 0 Å². The molecule has 0 radical (unpaired) electrons. The van der Waals surface area contributed by atoms with Gasteiger partial charge in [0.25, 0.3) is 0 Å². The van der Waals surface area contributed by atoms with Crippen molar-refractivity contribution in [3.05, 3.63) is 42.1 Å². The number of ether oxygens (including phenoxy) is 2. The van der Waals surface area contributed by atoms with Crippen LogP contribution < -0.4 is 15.4 Å². The van der Waals surface area contributed by atoms with Crippen LogP contribution in [0.5, 0.6) is 5.75 Å². The Morgan fingerprint density at radius 1 is 1.15 bits per heavy atom. The van der Waals surface area contributed by atoms with E-state index in [1.165, 1.54) is 0 Å². The molecular formula is C24H24N4O5. The Morgan fingerprint density at radius 2 is 1.91 bits per heavy atom. The van der Waals surface area contributed by atoms with Gasteiger partial charge in [0.1, 0.15) is 23.7 Å². The van der Waals surface area contributed by atoms with E-state index in [9.17, 15) is 14.9 Å². The molecule has 9 heteroatoms. The maximum absolute atomic E-state index is 12.7. The Kier molecular flexibility index (Phi) is 5.60. The summed E-state index contributed by atoms with van der Waals surface area (Å²) in [6.07, 6.45) is 3.08. The summed E-state index contributed by atoms with van der Waals surface area (Å²) in [7, 11) is 0. The molecule has 33 heavy (non-hydrogen) atoms. The van der Waals surface area contributed by atoms with Gasteiger partial charge >= 0.3 is 6.09 Å². The van der Waals surface area contributed by atoms with Crippen molar-refractivity contribution in [2.45, 2.75) is 31.4 Å². The highest BCUT2D eigenvalue weighted by Crippen LogP contribution is 2.58. The van der Waals surface area contributed by atoms with Gasteiger partial charge in [0.2, 0.25) is 5.91 Å². The molecule has 170 valence electrons. The molecule has 6 rings (SSSR count). The molecule has 3 saturated carbocycles. The fraction of sp³-hybridized carbons (Fsp3) is 0.417. The van der Waals surface area contributed by atoms with E-state index < -0.39 is 6.09 Å². The van der Waals surface area contributed by atoms with Gasteiger partial charge in [0, 0.05) is 31.0 Å². The normalized spacial score (nSPS) is 25.7. The van der Waals surface area contributed by atoms with Crippen LogP contribution in [0, 0.1) is 29.1 Å². The summed E-state index contributed by atoms with van der Waals surface area (Å²) in [4.78, 5) is 27.7. The first-order valence-corrected chi connectivity index (χ1v) is 11.1. The third kappa shape index (κ3) is 4.10. The molecule has 4 fully saturated rings. The second kappa shape index (κ2) is 8.71. The molecule has 2 bridgehead atoms. The zero-order valence-corrected chi connectivity index (χ0v) is 17.9. The number of nitrogens with one attached hydrogen (secondary N) is 2. The SMILES string of the molecule is N#Cc1cc(-c2ccnc(NC(=O)C3C4CC3C4NC(=O)O)c2)ccc1OC1CCOCC1. The van der Waals surface area contributed by atoms with Crippen LogP contribution in [-0.4, -0.2) is 47.5 Å². The largest absolute Gasteiger partial charge is 0.489 e. The lowest BCUT2D eigenvalue weighted by atomic mass is 9.44. The number of pyridine rings is 1. The number of hydrogen-bond acceptors (Lipinski definition) is 6. The lowest BCUT2D eigenvalue weighted by molar-refractivity contribution is -0.158. The van der Waals surface area contributed by atoms with Crippen LogP contribution in [0.15, 0.2) is 36.5 Å². The molecule has 9 nitrogen and oxygen atoms in total. The average molecular weight is 448 g/mol. The zero-order chi connectivity index (χ0) is 22.9. The quantitative estimate of drug-likeness (QED) is 0.618. The van der Waals surface area contributed by atoms with Gasteiger partial charge in [-0.05, 0) is 53.6 Å². The van der Waals surface area contributed by atoms with E-state index >= 15 is 0 Å². The number of carbonyl (C=O) groups excluding carboxylic acids is 1. The Balaban J connectivity index is 1.26. The first-order chi connectivity index (χ1) is 16.0. The van der Waals surface area contributed by atoms with E-state index in [1.54, 1.807) is 24.4 Å². The summed E-state index contributed by atoms with van der Waals surface area (Å²) in [5.74, 6) is 0.768. The van der Waals surface area contributed by atoms with Crippen molar-refractivity contribution in [1.82, 2.24) is 10.3 Å². The predicted molar refractivity (Wildman–Crippen MR) is 118 cm³/mol. The zero-order valence-electron chi connectivity index (χ0n) is 17.9. The second-order valence-corrected chi connectivity index (χ2v) is 8.74. The highest BCUT2D eigenvalue weighted by Gasteiger charge is 2.64. The van der Waals surface area contributed by atoms with Gasteiger partial charge in [-0.25, -0.2) is 9.78 Å². The number of carbonyl (C=O) groups is 2. The molecule has 0 spiro atoms. The molecule has 3 N–H and O–H groups in total. The van der Waals surface area contributed by atoms with Gasteiger partial charge in [-0.2, -0.15) is 5.26 Å². The van der Waals surface area contributed by atoms with E-state index in [4.69, 9.17) is 14.6 Å². The van der Waals surface area contributed by atoms with Crippen molar-refractivity contribution in [1.29, 1.82) is 5.26 Å². The van der Waals surface area contributed by atoms with Crippen molar-refractivity contribution in [3.8, 4) is 22.9 Å². The van der Waals surface area contributed by atoms with E-state index in [2.05, 4.69) is 21.7 Å². The Bertz CT molecular complexity index is 1110. The Hall–Kier alpha value is -3.64. The van der Waals surface area contributed by atoms with Crippen LogP contribution in [-0.2, 0) is 9.53 Å². The summed E-state index contributed by atoms with van der Waals surface area (Å²) in [6.45, 7) is 1.32. The van der Waals surface area contributed by atoms with Crippen molar-refractivity contribution >= 4 is 17.8 Å². The van der Waals surface area contributed by atoms with Gasteiger partial charge in [-0.1, -0.05) is 6.07 Å². The number of nitrogens with zero attached hydrogens (tertiary/aromatic N) is 2. The van der Waals surface area contributed by atoms with Crippen LogP contribution in [0.4, 0.5) is 10.6 Å². The van der Waals surface area contributed by atoms with E-state index in [-0.39, 0.29) is 35.8 Å². The van der Waals surface area contributed by atoms with Gasteiger partial charge in [0.05, 0.1) is 18.8 Å². The summed E-state index contributed by atoms with van der Waals surface area (Å²) in [6, 6.07) is 11.1. The minimum absolute atomic E-state index is 0.0439. The monoisotopic (exact) mass is 448 g/mol. The number of nitriles is 1. The average Bonchev–Trinajstić information content (AvgIpc) is 2.77. The molecule has 2 amide bonds. The van der Waals surface area contributed by atoms with Crippen molar-refractivity contribution in [2.75, 3.05) is 18.5 Å². The second-order valence-electron chi connectivity index (χ2n) is 8.74. The van der Waals surface area contributed by atoms with E-state index in [0.717, 1.165) is 30.4 Å². The maximum Gasteiger partial charge on any atom is 0.404 e. The smallest absolute Gasteiger partial charge is 0.404 e. The van der Waals surface area contributed by atoms with Crippen LogP contribution in [0.2, 0.25) is 0 Å². The molecule has 2 heterocycles. The lowest BCUT2D eigenvalue weighted by Gasteiger charge is -2.63. The number of carboxylic acid groups (broad SMARTS) is 1. The molecule has 2 atom stereocenters. The topological polar surface area (TPSA) is 134 Å². The minimum atomic E-state index is -1.05.